The maximum Gasteiger partial charge on any atom is 0.453 e. The van der Waals surface area contributed by atoms with Crippen LogP contribution in [0.15, 0.2) is 72.8 Å². The largest absolute Gasteiger partial charge is 0.494 e. The van der Waals surface area contributed by atoms with Crippen LogP contribution < -0.4 is 20.9 Å². The van der Waals surface area contributed by atoms with Crippen molar-refractivity contribution in [1.82, 2.24) is 0 Å². The summed E-state index contributed by atoms with van der Waals surface area (Å²) in [6.07, 6.45) is 4.32. The van der Waals surface area contributed by atoms with Gasteiger partial charge in [0.25, 0.3) is 0 Å². The first-order valence-electron chi connectivity index (χ1n) is 17.4. The SMILES string of the molecule is Nc1cc(N)cc(C(=O)OCCCCCCCCCCCOC(=O)/C=C/c2ccc(OC(=O)c3ccc(OCCCC(F)(F)C(F)(F)F)cc3)cc2)c1. The van der Waals surface area contributed by atoms with Crippen molar-refractivity contribution < 1.29 is 55.3 Å². The summed E-state index contributed by atoms with van der Waals surface area (Å²) in [5.41, 5.74) is 13.5. The molecule has 0 saturated heterocycles. The molecule has 288 valence electrons. The number of alkyl halides is 5. The van der Waals surface area contributed by atoms with Crippen molar-refractivity contribution in [1.29, 1.82) is 0 Å². The molecular weight excluding hydrogens is 703 g/mol. The van der Waals surface area contributed by atoms with Crippen LogP contribution in [-0.2, 0) is 14.3 Å². The molecule has 4 N–H and O–H groups in total. The Morgan fingerprint density at radius 1 is 0.585 bits per heavy atom. The molecule has 3 aromatic rings. The monoisotopic (exact) mass is 748 g/mol. The van der Waals surface area contributed by atoms with Gasteiger partial charge >= 0.3 is 30.0 Å². The normalized spacial score (nSPS) is 11.7. The first-order chi connectivity index (χ1) is 25.2. The number of carbonyl (C=O) groups is 3. The predicted octanol–water partition coefficient (Wildman–Crippen LogP) is 9.35. The Bertz CT molecular complexity index is 1610. The first-order valence-corrected chi connectivity index (χ1v) is 17.4. The van der Waals surface area contributed by atoms with Gasteiger partial charge in [-0.3, -0.25) is 0 Å². The molecule has 53 heavy (non-hydrogen) atoms. The fourth-order valence-corrected chi connectivity index (χ4v) is 5.00. The van der Waals surface area contributed by atoms with E-state index < -0.39 is 42.8 Å². The van der Waals surface area contributed by atoms with Gasteiger partial charge in [0.05, 0.1) is 30.9 Å². The van der Waals surface area contributed by atoms with E-state index in [1.54, 1.807) is 48.5 Å². The van der Waals surface area contributed by atoms with Gasteiger partial charge in [-0.05, 0) is 85.5 Å². The van der Waals surface area contributed by atoms with E-state index in [9.17, 15) is 36.3 Å². The zero-order valence-electron chi connectivity index (χ0n) is 29.3. The molecule has 0 aliphatic rings. The molecule has 0 atom stereocenters. The lowest BCUT2D eigenvalue weighted by atomic mass is 10.1. The third kappa shape index (κ3) is 16.0. The fourth-order valence-electron chi connectivity index (χ4n) is 5.00. The van der Waals surface area contributed by atoms with Gasteiger partial charge in [-0.2, -0.15) is 22.0 Å². The van der Waals surface area contributed by atoms with E-state index in [0.717, 1.165) is 57.8 Å². The zero-order chi connectivity index (χ0) is 38.7. The number of nitrogen functional groups attached to an aromatic ring is 2. The number of rotatable bonds is 22. The summed E-state index contributed by atoms with van der Waals surface area (Å²) < 4.78 is 83.7. The molecule has 0 aliphatic heterocycles. The molecule has 0 fully saturated rings. The van der Waals surface area contributed by atoms with Gasteiger partial charge in [-0.1, -0.05) is 57.1 Å². The molecular formula is C39H45F5N2O7. The van der Waals surface area contributed by atoms with Crippen LogP contribution in [-0.4, -0.2) is 49.8 Å². The van der Waals surface area contributed by atoms with Crippen LogP contribution in [0.25, 0.3) is 6.08 Å². The molecule has 14 heteroatoms. The topological polar surface area (TPSA) is 140 Å². The average Bonchev–Trinajstić information content (AvgIpc) is 3.11. The lowest BCUT2D eigenvalue weighted by molar-refractivity contribution is -0.284. The van der Waals surface area contributed by atoms with Gasteiger partial charge in [-0.15, -0.1) is 0 Å². The van der Waals surface area contributed by atoms with Crippen LogP contribution in [0.3, 0.4) is 0 Å². The summed E-state index contributed by atoms with van der Waals surface area (Å²) in [6.45, 7) is 0.326. The molecule has 0 unspecified atom stereocenters. The molecule has 0 heterocycles. The lowest BCUT2D eigenvalue weighted by Crippen LogP contribution is -2.36. The zero-order valence-corrected chi connectivity index (χ0v) is 29.3. The van der Waals surface area contributed by atoms with Crippen molar-refractivity contribution in [3.8, 4) is 11.5 Å². The standard InChI is InChI=1S/C39H45F5N2O7/c40-38(41,39(42,43)44)21-10-24-50-33-18-14-29(15-19-33)37(49)53-34-16-11-28(12-17-34)13-20-35(47)51-22-8-6-4-2-1-3-5-7-9-23-52-36(48)30-25-31(45)27-32(46)26-30/h11-20,25-27H,1-10,21-24,45-46H2/b20-13+. The number of ether oxygens (including phenoxy) is 4. The quantitative estimate of drug-likeness (QED) is 0.0257. The summed E-state index contributed by atoms with van der Waals surface area (Å²) in [5, 5.41) is 0. The summed E-state index contributed by atoms with van der Waals surface area (Å²) in [7, 11) is 0. The summed E-state index contributed by atoms with van der Waals surface area (Å²) in [4.78, 5) is 36.6. The Morgan fingerprint density at radius 2 is 1.11 bits per heavy atom. The van der Waals surface area contributed by atoms with Crippen molar-refractivity contribution in [2.75, 3.05) is 31.3 Å². The Kier molecular flexibility index (Phi) is 17.1. The Morgan fingerprint density at radius 3 is 1.68 bits per heavy atom. The maximum atomic E-state index is 13.0. The highest BCUT2D eigenvalue weighted by atomic mass is 19.4. The third-order valence-electron chi connectivity index (χ3n) is 7.89. The van der Waals surface area contributed by atoms with Crippen molar-refractivity contribution in [2.45, 2.75) is 82.7 Å². The average molecular weight is 749 g/mol. The van der Waals surface area contributed by atoms with E-state index in [4.69, 9.17) is 30.4 Å². The van der Waals surface area contributed by atoms with E-state index in [1.165, 1.54) is 30.3 Å². The number of halogens is 5. The summed E-state index contributed by atoms with van der Waals surface area (Å²) in [5.74, 6) is -5.90. The minimum Gasteiger partial charge on any atom is -0.494 e. The number of unbranched alkanes of at least 4 members (excludes halogenated alkanes) is 8. The van der Waals surface area contributed by atoms with E-state index in [0.29, 0.717) is 35.7 Å². The number of anilines is 2. The number of hydrogen-bond acceptors (Lipinski definition) is 9. The van der Waals surface area contributed by atoms with Crippen LogP contribution in [0.4, 0.5) is 33.3 Å². The van der Waals surface area contributed by atoms with Crippen LogP contribution in [0, 0.1) is 0 Å². The minimum atomic E-state index is -5.61. The van der Waals surface area contributed by atoms with Crippen LogP contribution in [0.1, 0.15) is 96.9 Å². The molecule has 3 aromatic carbocycles. The fraction of sp³-hybridized carbons (Fsp3) is 0.410. The van der Waals surface area contributed by atoms with Gasteiger partial charge in [-0.25, -0.2) is 14.4 Å². The van der Waals surface area contributed by atoms with Crippen molar-refractivity contribution in [3.05, 3.63) is 89.5 Å². The van der Waals surface area contributed by atoms with Gasteiger partial charge in [0.1, 0.15) is 11.5 Å². The van der Waals surface area contributed by atoms with E-state index in [2.05, 4.69) is 0 Å². The van der Waals surface area contributed by atoms with E-state index in [-0.39, 0.29) is 23.7 Å². The molecule has 9 nitrogen and oxygen atoms in total. The highest BCUT2D eigenvalue weighted by Crippen LogP contribution is 2.38. The number of benzene rings is 3. The predicted molar refractivity (Wildman–Crippen MR) is 191 cm³/mol. The smallest absolute Gasteiger partial charge is 0.453 e. The molecule has 0 saturated carbocycles. The molecule has 3 rings (SSSR count). The Hall–Kier alpha value is -5.14. The Balaban J connectivity index is 1.19. The number of esters is 3. The number of hydrogen-bond donors (Lipinski definition) is 2. The summed E-state index contributed by atoms with van der Waals surface area (Å²) >= 11 is 0. The molecule has 0 spiro atoms. The van der Waals surface area contributed by atoms with Crippen molar-refractivity contribution in [2.24, 2.45) is 0 Å². The third-order valence-corrected chi connectivity index (χ3v) is 7.89. The van der Waals surface area contributed by atoms with E-state index in [1.807, 2.05) is 0 Å². The second-order valence-electron chi connectivity index (χ2n) is 12.3. The second-order valence-corrected chi connectivity index (χ2v) is 12.3. The van der Waals surface area contributed by atoms with Crippen molar-refractivity contribution >= 4 is 35.4 Å². The van der Waals surface area contributed by atoms with Crippen LogP contribution in [0.5, 0.6) is 11.5 Å². The van der Waals surface area contributed by atoms with Crippen LogP contribution >= 0.6 is 0 Å². The molecule has 0 aromatic heterocycles. The maximum absolute atomic E-state index is 13.0. The lowest BCUT2D eigenvalue weighted by Gasteiger charge is -2.19. The van der Waals surface area contributed by atoms with Crippen LogP contribution in [0.2, 0.25) is 0 Å². The van der Waals surface area contributed by atoms with Gasteiger partial charge < -0.3 is 30.4 Å². The van der Waals surface area contributed by atoms with Gasteiger partial charge in [0.15, 0.2) is 0 Å². The number of carbonyl (C=O) groups excluding carboxylic acids is 3. The highest BCUT2D eigenvalue weighted by molar-refractivity contribution is 5.92. The minimum absolute atomic E-state index is 0.167. The molecule has 0 radical (unpaired) electrons. The van der Waals surface area contributed by atoms with Gasteiger partial charge in [0.2, 0.25) is 0 Å². The molecule has 0 aliphatic carbocycles. The second kappa shape index (κ2) is 21.4. The highest BCUT2D eigenvalue weighted by Gasteiger charge is 2.56. The molecule has 0 amide bonds. The van der Waals surface area contributed by atoms with Gasteiger partial charge in [0, 0.05) is 23.9 Å². The van der Waals surface area contributed by atoms with Crippen molar-refractivity contribution in [3.63, 3.8) is 0 Å². The first kappa shape index (κ1) is 42.3. The number of nitrogens with two attached hydrogens (primary N) is 2. The molecule has 0 bridgehead atoms. The van der Waals surface area contributed by atoms with E-state index >= 15 is 0 Å². The Labute approximate surface area is 305 Å². The summed E-state index contributed by atoms with van der Waals surface area (Å²) in [6, 6.07) is 16.6.